The van der Waals surface area contributed by atoms with Gasteiger partial charge >= 0.3 is 0 Å². The maximum atomic E-state index is 11.6. The lowest BCUT2D eigenvalue weighted by molar-refractivity contribution is -0.119. The summed E-state index contributed by atoms with van der Waals surface area (Å²) >= 11 is 0. The monoisotopic (exact) mass is 325 g/mol. The lowest BCUT2D eigenvalue weighted by Crippen LogP contribution is -2.16. The third kappa shape index (κ3) is 3.72. The number of carbonyl (C=O) groups excluding carboxylic acids is 1. The van der Waals surface area contributed by atoms with Gasteiger partial charge in [0.1, 0.15) is 12.1 Å². The van der Waals surface area contributed by atoms with Gasteiger partial charge in [-0.2, -0.15) is 4.98 Å². The molecule has 0 aliphatic heterocycles. The number of aromatic nitrogens is 1. The quantitative estimate of drug-likeness (QED) is 0.722. The molecule has 0 spiro atoms. The van der Waals surface area contributed by atoms with E-state index in [0.29, 0.717) is 22.8 Å². The third-order valence-corrected chi connectivity index (χ3v) is 3.56. The van der Waals surface area contributed by atoms with E-state index in [-0.39, 0.29) is 12.5 Å². The zero-order valence-electron chi connectivity index (χ0n) is 13.6. The molecule has 0 unspecified atom stereocenters. The maximum Gasteiger partial charge on any atom is 0.300 e. The summed E-state index contributed by atoms with van der Waals surface area (Å²) in [7, 11) is 1.48. The van der Waals surface area contributed by atoms with E-state index in [1.807, 2.05) is 12.1 Å². The molecule has 6 heteroatoms. The molecule has 1 heterocycles. The topological polar surface area (TPSA) is 76.4 Å². The van der Waals surface area contributed by atoms with E-state index < -0.39 is 0 Å². The van der Waals surface area contributed by atoms with Gasteiger partial charge < -0.3 is 19.8 Å². The van der Waals surface area contributed by atoms with Crippen LogP contribution < -0.4 is 10.6 Å². The van der Waals surface area contributed by atoms with Crippen LogP contribution in [0.4, 0.5) is 17.4 Å². The Balaban J connectivity index is 1.76. The first-order valence-corrected chi connectivity index (χ1v) is 7.73. The van der Waals surface area contributed by atoms with Crippen LogP contribution in [0.15, 0.2) is 46.9 Å². The summed E-state index contributed by atoms with van der Waals surface area (Å²) < 4.78 is 10.5. The fourth-order valence-corrected chi connectivity index (χ4v) is 2.33. The Morgan fingerprint density at radius 2 is 1.92 bits per heavy atom. The van der Waals surface area contributed by atoms with Crippen LogP contribution in [-0.4, -0.2) is 24.6 Å². The van der Waals surface area contributed by atoms with Crippen molar-refractivity contribution in [2.45, 2.75) is 13.3 Å². The smallest absolute Gasteiger partial charge is 0.300 e. The van der Waals surface area contributed by atoms with Crippen molar-refractivity contribution < 1.29 is 13.9 Å². The van der Waals surface area contributed by atoms with Gasteiger partial charge in [0, 0.05) is 18.5 Å². The summed E-state index contributed by atoms with van der Waals surface area (Å²) in [5.41, 5.74) is 4.14. The molecule has 2 N–H and O–H groups in total. The minimum Gasteiger partial charge on any atom is -0.423 e. The van der Waals surface area contributed by atoms with Crippen molar-refractivity contribution in [2.75, 3.05) is 24.4 Å². The van der Waals surface area contributed by atoms with Gasteiger partial charge in [-0.05, 0) is 42.3 Å². The molecular formula is C18H19N3O3. The van der Waals surface area contributed by atoms with Crippen molar-refractivity contribution in [1.29, 1.82) is 0 Å². The number of carbonyl (C=O) groups is 1. The molecule has 0 fully saturated rings. The number of ether oxygens (including phenoxy) is 1. The van der Waals surface area contributed by atoms with Crippen LogP contribution in [0.3, 0.4) is 0 Å². The fraction of sp³-hybridized carbons (Fsp3) is 0.222. The Labute approximate surface area is 139 Å². The van der Waals surface area contributed by atoms with Gasteiger partial charge in [-0.1, -0.05) is 19.1 Å². The fourth-order valence-electron chi connectivity index (χ4n) is 2.33. The predicted molar refractivity (Wildman–Crippen MR) is 93.6 cm³/mol. The summed E-state index contributed by atoms with van der Waals surface area (Å²) in [5.74, 6) is -0.213. The molecule has 0 radical (unpaired) electrons. The van der Waals surface area contributed by atoms with Gasteiger partial charge in [-0.15, -0.1) is 0 Å². The maximum absolute atomic E-state index is 11.6. The first-order valence-electron chi connectivity index (χ1n) is 7.73. The first-order chi connectivity index (χ1) is 11.7. The molecule has 0 saturated carbocycles. The highest BCUT2D eigenvalue weighted by molar-refractivity contribution is 5.93. The number of methoxy groups -OCH3 is 1. The molecule has 0 saturated heterocycles. The Morgan fingerprint density at radius 1 is 1.17 bits per heavy atom. The van der Waals surface area contributed by atoms with Crippen molar-refractivity contribution in [2.24, 2.45) is 0 Å². The largest absolute Gasteiger partial charge is 0.423 e. The third-order valence-electron chi connectivity index (χ3n) is 3.56. The van der Waals surface area contributed by atoms with E-state index in [1.165, 1.54) is 12.7 Å². The molecule has 0 bridgehead atoms. The second-order valence-electron chi connectivity index (χ2n) is 5.36. The van der Waals surface area contributed by atoms with Gasteiger partial charge in [-0.25, -0.2) is 0 Å². The second kappa shape index (κ2) is 7.14. The van der Waals surface area contributed by atoms with Crippen molar-refractivity contribution in [3.63, 3.8) is 0 Å². The van der Waals surface area contributed by atoms with Crippen LogP contribution in [0.25, 0.3) is 11.1 Å². The van der Waals surface area contributed by atoms with Gasteiger partial charge in [-0.3, -0.25) is 4.79 Å². The number of fused-ring (bicyclic) bond motifs is 1. The lowest BCUT2D eigenvalue weighted by Gasteiger charge is -2.03. The highest BCUT2D eigenvalue weighted by Crippen LogP contribution is 2.24. The number of hydrogen-bond acceptors (Lipinski definition) is 5. The highest BCUT2D eigenvalue weighted by Gasteiger charge is 2.08. The Hall–Kier alpha value is -2.86. The van der Waals surface area contributed by atoms with Crippen molar-refractivity contribution in [3.05, 3.63) is 48.0 Å². The van der Waals surface area contributed by atoms with Crippen molar-refractivity contribution in [1.82, 2.24) is 4.98 Å². The number of rotatable bonds is 6. The zero-order valence-corrected chi connectivity index (χ0v) is 13.6. The number of anilines is 3. The molecule has 24 heavy (non-hydrogen) atoms. The lowest BCUT2D eigenvalue weighted by atomic mass is 10.1. The summed E-state index contributed by atoms with van der Waals surface area (Å²) in [6.07, 6.45) is 1.00. The van der Waals surface area contributed by atoms with Gasteiger partial charge in [0.25, 0.3) is 6.01 Å². The first kappa shape index (κ1) is 16.0. The number of nitrogens with one attached hydrogen (secondary N) is 2. The molecule has 0 aliphatic carbocycles. The molecule has 1 amide bonds. The van der Waals surface area contributed by atoms with E-state index in [9.17, 15) is 4.79 Å². The van der Waals surface area contributed by atoms with Gasteiger partial charge in [0.2, 0.25) is 5.91 Å². The standard InChI is InChI=1S/C18H19N3O3/c1-3-12-4-6-13(7-5-12)20-18-21-15-10-14(8-9-16(15)24-18)19-17(22)11-23-2/h4-10H,3,11H2,1-2H3,(H,19,22)(H,20,21). The zero-order chi connectivity index (χ0) is 16.9. The molecule has 3 rings (SSSR count). The molecular weight excluding hydrogens is 306 g/mol. The Kier molecular flexibility index (Phi) is 4.77. The normalized spacial score (nSPS) is 10.8. The molecule has 0 aliphatic rings. The number of hydrogen-bond donors (Lipinski definition) is 2. The SMILES string of the molecule is CCc1ccc(Nc2nc3cc(NC(=O)COC)ccc3o2)cc1. The minimum atomic E-state index is -0.213. The number of aryl methyl sites for hydroxylation is 1. The summed E-state index contributed by atoms with van der Waals surface area (Å²) in [6.45, 7) is 2.13. The number of amides is 1. The Bertz CT molecular complexity index is 840. The average molecular weight is 325 g/mol. The summed E-state index contributed by atoms with van der Waals surface area (Å²) in [4.78, 5) is 16.0. The average Bonchev–Trinajstić information content (AvgIpc) is 2.97. The van der Waals surface area contributed by atoms with Crippen molar-refractivity contribution in [3.8, 4) is 0 Å². The number of oxazole rings is 1. The molecule has 3 aromatic rings. The van der Waals surface area contributed by atoms with Gasteiger partial charge in [0.15, 0.2) is 5.58 Å². The van der Waals surface area contributed by atoms with Crippen LogP contribution in [0.5, 0.6) is 0 Å². The molecule has 2 aromatic carbocycles. The number of benzene rings is 2. The van der Waals surface area contributed by atoms with E-state index in [1.54, 1.807) is 18.2 Å². The van der Waals surface area contributed by atoms with Crippen LogP contribution in [0.2, 0.25) is 0 Å². The van der Waals surface area contributed by atoms with Gasteiger partial charge in [0.05, 0.1) is 0 Å². The van der Waals surface area contributed by atoms with Crippen LogP contribution in [0.1, 0.15) is 12.5 Å². The molecule has 6 nitrogen and oxygen atoms in total. The summed E-state index contributed by atoms with van der Waals surface area (Å²) in [5, 5.41) is 5.88. The van der Waals surface area contributed by atoms with Crippen molar-refractivity contribution >= 4 is 34.4 Å². The highest BCUT2D eigenvalue weighted by atomic mass is 16.5. The van der Waals surface area contributed by atoms with Crippen LogP contribution >= 0.6 is 0 Å². The van der Waals surface area contributed by atoms with E-state index in [4.69, 9.17) is 9.15 Å². The van der Waals surface area contributed by atoms with Crippen LogP contribution in [-0.2, 0) is 16.0 Å². The molecule has 1 aromatic heterocycles. The molecule has 0 atom stereocenters. The molecule has 124 valence electrons. The second-order valence-corrected chi connectivity index (χ2v) is 5.36. The van der Waals surface area contributed by atoms with E-state index in [2.05, 4.69) is 34.7 Å². The Morgan fingerprint density at radius 3 is 2.62 bits per heavy atom. The van der Waals surface area contributed by atoms with E-state index in [0.717, 1.165) is 12.1 Å². The predicted octanol–water partition coefficient (Wildman–Crippen LogP) is 3.72. The summed E-state index contributed by atoms with van der Waals surface area (Å²) in [6, 6.07) is 13.8. The number of nitrogens with zero attached hydrogens (tertiary/aromatic N) is 1. The van der Waals surface area contributed by atoms with Crippen LogP contribution in [0, 0.1) is 0 Å². The minimum absolute atomic E-state index is 0.0113. The van der Waals surface area contributed by atoms with E-state index >= 15 is 0 Å².